The van der Waals surface area contributed by atoms with Gasteiger partial charge in [-0.05, 0) is 79.0 Å². The van der Waals surface area contributed by atoms with Crippen LogP contribution < -0.4 is 0 Å². The molecule has 0 saturated carbocycles. The Morgan fingerprint density at radius 3 is 1.81 bits per heavy atom. The number of hydrogen-bond acceptors (Lipinski definition) is 10. The van der Waals surface area contributed by atoms with Crippen LogP contribution in [0.25, 0.3) is 45.4 Å². The molecule has 4 aromatic heterocycles. The van der Waals surface area contributed by atoms with E-state index in [1.165, 1.54) is 0 Å². The van der Waals surface area contributed by atoms with Crippen molar-refractivity contribution in [2.75, 3.05) is 0 Å². The molecule has 0 aliphatic carbocycles. The quantitative estimate of drug-likeness (QED) is 0.182. The zero-order chi connectivity index (χ0) is 24.7. The smallest absolute Gasteiger partial charge is 0.246 e. The van der Waals surface area contributed by atoms with E-state index in [0.717, 1.165) is 11.0 Å². The minimum absolute atomic E-state index is 0.495. The lowest BCUT2D eigenvalue weighted by atomic mass is 10.3. The van der Waals surface area contributed by atoms with Crippen LogP contribution in [0.15, 0.2) is 104 Å². The number of benzene rings is 2. The van der Waals surface area contributed by atoms with E-state index in [0.29, 0.717) is 45.7 Å². The average Bonchev–Trinajstić information content (AvgIpc) is 3.54. The Morgan fingerprint density at radius 1 is 0.611 bits per heavy atom. The fourth-order valence-electron chi connectivity index (χ4n) is 3.27. The Kier molecular flexibility index (Phi) is 6.84. The third-order valence-corrected chi connectivity index (χ3v) is 5.04. The van der Waals surface area contributed by atoms with Crippen molar-refractivity contribution >= 4 is 68.3 Å². The summed E-state index contributed by atoms with van der Waals surface area (Å²) in [5, 5.41) is 4.65. The van der Waals surface area contributed by atoms with Crippen LogP contribution in [0, 0.1) is 0 Å². The number of aliphatic imine (C=N–C) groups is 2. The average molecular weight is 507 g/mol. The maximum Gasteiger partial charge on any atom is 0.246 e. The lowest BCUT2D eigenvalue weighted by Gasteiger charge is -1.90. The SMILES string of the molecule is S=C=Nc1ccc2nc(-c3ccccn3)oc2c1.S=C=Nc1ccc2oc(-c3ccccn3)nc2c1. The number of rotatable bonds is 4. The van der Waals surface area contributed by atoms with E-state index in [2.05, 4.69) is 64.7 Å². The van der Waals surface area contributed by atoms with Crippen molar-refractivity contribution < 1.29 is 8.83 Å². The van der Waals surface area contributed by atoms with Crippen molar-refractivity contribution in [3.63, 3.8) is 0 Å². The normalized spacial score (nSPS) is 10.2. The molecular formula is C26H14N6O2S2. The van der Waals surface area contributed by atoms with Gasteiger partial charge in [0.2, 0.25) is 11.8 Å². The zero-order valence-corrected chi connectivity index (χ0v) is 20.0. The summed E-state index contributed by atoms with van der Waals surface area (Å²) in [7, 11) is 0. The summed E-state index contributed by atoms with van der Waals surface area (Å²) in [5.41, 5.74) is 5.64. The van der Waals surface area contributed by atoms with Gasteiger partial charge in [-0.25, -0.2) is 9.97 Å². The molecule has 6 aromatic rings. The maximum atomic E-state index is 5.65. The van der Waals surface area contributed by atoms with Crippen LogP contribution in [-0.4, -0.2) is 30.3 Å². The summed E-state index contributed by atoms with van der Waals surface area (Å²) in [6.45, 7) is 0. The van der Waals surface area contributed by atoms with Crippen LogP contribution >= 0.6 is 24.4 Å². The molecule has 10 heteroatoms. The number of hydrogen-bond donors (Lipinski definition) is 0. The molecule has 0 atom stereocenters. The van der Waals surface area contributed by atoms with Gasteiger partial charge in [-0.3, -0.25) is 9.97 Å². The Morgan fingerprint density at radius 2 is 1.19 bits per heavy atom. The van der Waals surface area contributed by atoms with Gasteiger partial charge in [-0.1, -0.05) is 12.1 Å². The van der Waals surface area contributed by atoms with Crippen molar-refractivity contribution in [1.82, 2.24) is 19.9 Å². The van der Waals surface area contributed by atoms with Crippen molar-refractivity contribution in [3.8, 4) is 23.2 Å². The molecule has 4 heterocycles. The molecule has 172 valence electrons. The monoisotopic (exact) mass is 506 g/mol. The van der Waals surface area contributed by atoms with Gasteiger partial charge in [0.25, 0.3) is 0 Å². The van der Waals surface area contributed by atoms with E-state index in [4.69, 9.17) is 8.83 Å². The Hall–Kier alpha value is -4.72. The molecule has 0 N–H and O–H groups in total. The Labute approximate surface area is 215 Å². The minimum Gasteiger partial charge on any atom is -0.435 e. The van der Waals surface area contributed by atoms with Gasteiger partial charge in [0.1, 0.15) is 22.4 Å². The third kappa shape index (κ3) is 5.17. The summed E-state index contributed by atoms with van der Waals surface area (Å²) in [4.78, 5) is 24.9. The van der Waals surface area contributed by atoms with Crippen LogP contribution in [0.1, 0.15) is 0 Å². The van der Waals surface area contributed by atoms with E-state index < -0.39 is 0 Å². The fraction of sp³-hybridized carbons (Fsp3) is 0. The van der Waals surface area contributed by atoms with Gasteiger partial charge in [-0.15, -0.1) is 0 Å². The van der Waals surface area contributed by atoms with Gasteiger partial charge in [0, 0.05) is 18.5 Å². The highest BCUT2D eigenvalue weighted by Crippen LogP contribution is 2.27. The Bertz CT molecular complexity index is 1620. The number of oxazole rings is 2. The number of aromatic nitrogens is 4. The number of isothiocyanates is 2. The molecule has 8 nitrogen and oxygen atoms in total. The van der Waals surface area contributed by atoms with E-state index in [1.54, 1.807) is 36.7 Å². The van der Waals surface area contributed by atoms with Crippen molar-refractivity contribution in [3.05, 3.63) is 85.2 Å². The minimum atomic E-state index is 0.495. The van der Waals surface area contributed by atoms with Crippen molar-refractivity contribution in [1.29, 1.82) is 0 Å². The van der Waals surface area contributed by atoms with Crippen LogP contribution in [0.2, 0.25) is 0 Å². The molecule has 6 rings (SSSR count). The zero-order valence-electron chi connectivity index (χ0n) is 18.4. The van der Waals surface area contributed by atoms with E-state index in [-0.39, 0.29) is 0 Å². The highest BCUT2D eigenvalue weighted by molar-refractivity contribution is 7.78. The molecule has 0 spiro atoms. The summed E-state index contributed by atoms with van der Waals surface area (Å²) >= 11 is 9.13. The first-order valence-electron chi connectivity index (χ1n) is 10.5. The van der Waals surface area contributed by atoms with Crippen molar-refractivity contribution in [2.24, 2.45) is 9.98 Å². The maximum absolute atomic E-state index is 5.65. The molecule has 0 saturated heterocycles. The third-order valence-electron chi connectivity index (χ3n) is 4.86. The van der Waals surface area contributed by atoms with Crippen LogP contribution in [0.5, 0.6) is 0 Å². The molecule has 0 radical (unpaired) electrons. The Balaban J connectivity index is 0.000000148. The first-order chi connectivity index (χ1) is 17.7. The molecule has 2 aromatic carbocycles. The lowest BCUT2D eigenvalue weighted by molar-refractivity contribution is 0.616. The highest BCUT2D eigenvalue weighted by atomic mass is 32.1. The summed E-state index contributed by atoms with van der Waals surface area (Å²) in [6.07, 6.45) is 3.40. The highest BCUT2D eigenvalue weighted by Gasteiger charge is 2.10. The van der Waals surface area contributed by atoms with E-state index in [1.807, 2.05) is 48.5 Å². The van der Waals surface area contributed by atoms with Gasteiger partial charge in [0.15, 0.2) is 11.2 Å². The second kappa shape index (κ2) is 10.7. The molecule has 0 amide bonds. The predicted octanol–water partition coefficient (Wildman–Crippen LogP) is 7.25. The number of fused-ring (bicyclic) bond motifs is 2. The second-order valence-corrected chi connectivity index (χ2v) is 7.54. The van der Waals surface area contributed by atoms with Gasteiger partial charge in [-0.2, -0.15) is 9.98 Å². The summed E-state index contributed by atoms with van der Waals surface area (Å²) < 4.78 is 11.3. The van der Waals surface area contributed by atoms with Crippen LogP contribution in [-0.2, 0) is 0 Å². The predicted molar refractivity (Wildman–Crippen MR) is 144 cm³/mol. The van der Waals surface area contributed by atoms with Crippen molar-refractivity contribution in [2.45, 2.75) is 0 Å². The largest absolute Gasteiger partial charge is 0.435 e. The summed E-state index contributed by atoms with van der Waals surface area (Å²) in [5.74, 6) is 0.989. The molecule has 36 heavy (non-hydrogen) atoms. The van der Waals surface area contributed by atoms with Crippen LogP contribution in [0.4, 0.5) is 11.4 Å². The second-order valence-electron chi connectivity index (χ2n) is 7.18. The fourth-order valence-corrected chi connectivity index (χ4v) is 3.48. The van der Waals surface area contributed by atoms with Crippen LogP contribution in [0.3, 0.4) is 0 Å². The first-order valence-corrected chi connectivity index (χ1v) is 11.3. The number of pyridine rings is 2. The standard InChI is InChI=1S/2C13H7N3OS/c18-8-15-9-4-5-10-12(7-9)17-13(16-10)11-3-1-2-6-14-11;18-8-15-9-4-5-12-11(7-9)16-13(17-12)10-3-1-2-6-14-10/h2*1-7H. The summed E-state index contributed by atoms with van der Waals surface area (Å²) in [6, 6.07) is 22.0. The van der Waals surface area contributed by atoms with Gasteiger partial charge < -0.3 is 8.83 Å². The number of nitrogens with zero attached hydrogens (tertiary/aromatic N) is 6. The van der Waals surface area contributed by atoms with Gasteiger partial charge in [0.05, 0.1) is 21.7 Å². The topological polar surface area (TPSA) is 103 Å². The number of thiocarbonyl (C=S) groups is 2. The molecule has 0 aliphatic rings. The molecule has 0 fully saturated rings. The molecular weight excluding hydrogens is 492 g/mol. The molecule has 0 unspecified atom stereocenters. The van der Waals surface area contributed by atoms with E-state index >= 15 is 0 Å². The first kappa shape index (κ1) is 23.0. The lowest BCUT2D eigenvalue weighted by Crippen LogP contribution is -1.80. The molecule has 0 aliphatic heterocycles. The molecule has 0 bridgehead atoms. The van der Waals surface area contributed by atoms with Gasteiger partial charge >= 0.3 is 0 Å². The van der Waals surface area contributed by atoms with E-state index in [9.17, 15) is 0 Å².